The second kappa shape index (κ2) is 5.56. The molecule has 2 unspecified atom stereocenters. The summed E-state index contributed by atoms with van der Waals surface area (Å²) in [6.45, 7) is 1.54. The van der Waals surface area contributed by atoms with E-state index in [0.717, 1.165) is 7.11 Å². The molecule has 2 N–H and O–H groups in total. The second-order valence-corrected chi connectivity index (χ2v) is 3.68. The van der Waals surface area contributed by atoms with Crippen molar-refractivity contribution in [3.05, 3.63) is 39.4 Å². The molecule has 0 spiro atoms. The maximum atomic E-state index is 11.1. The second-order valence-electron chi connectivity index (χ2n) is 3.68. The number of benzene rings is 1. The summed E-state index contributed by atoms with van der Waals surface area (Å²) in [7, 11) is 1.05. The zero-order valence-electron chi connectivity index (χ0n) is 9.86. The predicted molar refractivity (Wildman–Crippen MR) is 60.8 cm³/mol. The van der Waals surface area contributed by atoms with Gasteiger partial charge in [-0.05, 0) is 12.5 Å². The highest BCUT2D eigenvalue weighted by atomic mass is 16.6. The Morgan fingerprint density at radius 2 is 2.06 bits per heavy atom. The highest BCUT2D eigenvalue weighted by molar-refractivity contribution is 5.75. The van der Waals surface area contributed by atoms with Crippen molar-refractivity contribution in [2.45, 2.75) is 19.1 Å². The van der Waals surface area contributed by atoms with E-state index in [1.807, 2.05) is 0 Å². The molecule has 0 aliphatic heterocycles. The summed E-state index contributed by atoms with van der Waals surface area (Å²) >= 11 is 0. The van der Waals surface area contributed by atoms with Crippen LogP contribution in [0.1, 0.15) is 17.2 Å². The number of carbonyl (C=O) groups is 1. The molecule has 0 aliphatic carbocycles. The summed E-state index contributed by atoms with van der Waals surface area (Å²) in [5.41, 5.74) is -0.0505. The van der Waals surface area contributed by atoms with Crippen LogP contribution in [0.25, 0.3) is 0 Å². The van der Waals surface area contributed by atoms with Gasteiger partial charge in [-0.2, -0.15) is 0 Å². The average Bonchev–Trinajstić information content (AvgIpc) is 2.35. The summed E-state index contributed by atoms with van der Waals surface area (Å²) in [5, 5.41) is 30.2. The number of ether oxygens (including phenoxy) is 1. The van der Waals surface area contributed by atoms with Gasteiger partial charge < -0.3 is 14.9 Å². The van der Waals surface area contributed by atoms with E-state index in [2.05, 4.69) is 4.74 Å². The lowest BCUT2D eigenvalue weighted by Crippen LogP contribution is -2.29. The minimum Gasteiger partial charge on any atom is -0.467 e. The zero-order chi connectivity index (χ0) is 13.9. The van der Waals surface area contributed by atoms with Gasteiger partial charge in [0.2, 0.25) is 0 Å². The fourth-order valence-corrected chi connectivity index (χ4v) is 1.62. The first-order valence-electron chi connectivity index (χ1n) is 5.08. The smallest absolute Gasteiger partial charge is 0.337 e. The quantitative estimate of drug-likeness (QED) is 0.459. The molecule has 7 heteroatoms. The molecule has 18 heavy (non-hydrogen) atoms. The Kier molecular flexibility index (Phi) is 4.35. The van der Waals surface area contributed by atoms with Crippen LogP contribution in [-0.2, 0) is 9.53 Å². The molecule has 2 atom stereocenters. The van der Waals surface area contributed by atoms with E-state index in [1.54, 1.807) is 0 Å². The zero-order valence-corrected chi connectivity index (χ0v) is 9.86. The molecule has 0 bridgehead atoms. The monoisotopic (exact) mass is 255 g/mol. The Bertz CT molecular complexity index is 473. The number of hydrogen-bond acceptors (Lipinski definition) is 6. The van der Waals surface area contributed by atoms with Crippen LogP contribution in [0, 0.1) is 17.0 Å². The lowest BCUT2D eigenvalue weighted by molar-refractivity contribution is -0.386. The van der Waals surface area contributed by atoms with E-state index in [9.17, 15) is 25.1 Å². The van der Waals surface area contributed by atoms with Gasteiger partial charge in [-0.3, -0.25) is 10.1 Å². The number of esters is 1. The molecular formula is C11H13NO6. The lowest BCUT2D eigenvalue weighted by Gasteiger charge is -2.17. The van der Waals surface area contributed by atoms with E-state index >= 15 is 0 Å². The van der Waals surface area contributed by atoms with Crippen molar-refractivity contribution in [1.29, 1.82) is 0 Å². The van der Waals surface area contributed by atoms with Gasteiger partial charge in [0.1, 0.15) is 6.10 Å². The van der Waals surface area contributed by atoms with Gasteiger partial charge in [0.15, 0.2) is 6.10 Å². The fraction of sp³-hybridized carbons (Fsp3) is 0.364. The number of nitro groups is 1. The molecular weight excluding hydrogens is 242 g/mol. The number of aryl methyl sites for hydroxylation is 1. The Morgan fingerprint density at radius 3 is 2.56 bits per heavy atom. The summed E-state index contributed by atoms with van der Waals surface area (Å²) in [6, 6.07) is 4.18. The van der Waals surface area contributed by atoms with Gasteiger partial charge in [-0.1, -0.05) is 12.1 Å². The highest BCUT2D eigenvalue weighted by Crippen LogP contribution is 2.30. The average molecular weight is 255 g/mol. The number of nitrogens with zero attached hydrogens (tertiary/aromatic N) is 1. The first-order valence-corrected chi connectivity index (χ1v) is 5.08. The maximum absolute atomic E-state index is 11.1. The van der Waals surface area contributed by atoms with Gasteiger partial charge in [-0.15, -0.1) is 0 Å². The van der Waals surface area contributed by atoms with E-state index in [1.165, 1.54) is 25.1 Å². The molecule has 0 radical (unpaired) electrons. The number of rotatable bonds is 4. The normalized spacial score (nSPS) is 13.8. The molecule has 0 saturated carbocycles. The van der Waals surface area contributed by atoms with Gasteiger partial charge in [-0.25, -0.2) is 4.79 Å². The number of hydrogen-bond donors (Lipinski definition) is 2. The molecule has 0 fully saturated rings. The molecule has 0 amide bonds. The highest BCUT2D eigenvalue weighted by Gasteiger charge is 2.32. The van der Waals surface area contributed by atoms with E-state index in [4.69, 9.17) is 0 Å². The van der Waals surface area contributed by atoms with Crippen LogP contribution in [0.3, 0.4) is 0 Å². The van der Waals surface area contributed by atoms with E-state index in [0.29, 0.717) is 5.56 Å². The van der Waals surface area contributed by atoms with Gasteiger partial charge >= 0.3 is 5.97 Å². The number of aliphatic hydroxyl groups is 2. The molecule has 1 aromatic rings. The van der Waals surface area contributed by atoms with Crippen LogP contribution in [0.5, 0.6) is 0 Å². The molecule has 1 rings (SSSR count). The number of methoxy groups -OCH3 is 1. The minimum absolute atomic E-state index is 0.0969. The molecule has 1 aromatic carbocycles. The van der Waals surface area contributed by atoms with Crippen LogP contribution >= 0.6 is 0 Å². The number of aliphatic hydroxyl groups excluding tert-OH is 2. The first-order chi connectivity index (χ1) is 8.40. The SMILES string of the molecule is COC(=O)C(O)C(O)c1c(C)cccc1[N+](=O)[O-]. The summed E-state index contributed by atoms with van der Waals surface area (Å²) in [6.07, 6.45) is -3.58. The van der Waals surface area contributed by atoms with Crippen molar-refractivity contribution in [3.63, 3.8) is 0 Å². The Balaban J connectivity index is 3.23. The van der Waals surface area contributed by atoms with E-state index in [-0.39, 0.29) is 11.3 Å². The third-order valence-corrected chi connectivity index (χ3v) is 2.54. The number of carbonyl (C=O) groups excluding carboxylic acids is 1. The van der Waals surface area contributed by atoms with Crippen molar-refractivity contribution in [3.8, 4) is 0 Å². The van der Waals surface area contributed by atoms with Gasteiger partial charge in [0, 0.05) is 6.07 Å². The fourth-order valence-electron chi connectivity index (χ4n) is 1.62. The summed E-state index contributed by atoms with van der Waals surface area (Å²) < 4.78 is 4.28. The van der Waals surface area contributed by atoms with Crippen molar-refractivity contribution in [2.24, 2.45) is 0 Å². The summed E-state index contributed by atoms with van der Waals surface area (Å²) in [4.78, 5) is 21.3. The van der Waals surface area contributed by atoms with Crippen molar-refractivity contribution >= 4 is 11.7 Å². The van der Waals surface area contributed by atoms with E-state index < -0.39 is 23.1 Å². The Hall–Kier alpha value is -1.99. The molecule has 98 valence electrons. The molecule has 0 aromatic heterocycles. The number of nitro benzene ring substituents is 1. The molecule has 0 saturated heterocycles. The van der Waals surface area contributed by atoms with Crippen LogP contribution in [0.15, 0.2) is 18.2 Å². The molecule has 0 heterocycles. The van der Waals surface area contributed by atoms with Crippen molar-refractivity contribution in [2.75, 3.05) is 7.11 Å². The molecule has 0 aliphatic rings. The standard InChI is InChI=1S/C11H13NO6/c1-6-4-3-5-7(12(16)17)8(6)9(13)10(14)11(15)18-2/h3-5,9-10,13-14H,1-2H3. The lowest BCUT2D eigenvalue weighted by atomic mass is 9.97. The predicted octanol–water partition coefficient (Wildman–Crippen LogP) is 0.471. The van der Waals surface area contributed by atoms with Gasteiger partial charge in [0.05, 0.1) is 17.6 Å². The largest absolute Gasteiger partial charge is 0.467 e. The third kappa shape index (κ3) is 2.63. The van der Waals surface area contributed by atoms with Gasteiger partial charge in [0.25, 0.3) is 5.69 Å². The minimum atomic E-state index is -1.87. The Labute approximate surface area is 103 Å². The van der Waals surface area contributed by atoms with Crippen LogP contribution < -0.4 is 0 Å². The topological polar surface area (TPSA) is 110 Å². The van der Waals surface area contributed by atoms with Crippen LogP contribution in [0.4, 0.5) is 5.69 Å². The Morgan fingerprint density at radius 1 is 1.44 bits per heavy atom. The summed E-state index contributed by atoms with van der Waals surface area (Å²) in [5.74, 6) is -1.06. The third-order valence-electron chi connectivity index (χ3n) is 2.54. The maximum Gasteiger partial charge on any atom is 0.337 e. The van der Waals surface area contributed by atoms with Crippen molar-refractivity contribution < 1.29 is 24.7 Å². The van der Waals surface area contributed by atoms with Crippen LogP contribution in [0.2, 0.25) is 0 Å². The van der Waals surface area contributed by atoms with Crippen LogP contribution in [-0.4, -0.2) is 34.3 Å². The first kappa shape index (κ1) is 14.1. The van der Waals surface area contributed by atoms with Crippen molar-refractivity contribution in [1.82, 2.24) is 0 Å². The molecule has 7 nitrogen and oxygen atoms in total.